The van der Waals surface area contributed by atoms with Crippen molar-refractivity contribution in [2.75, 3.05) is 12.3 Å². The second-order valence-electron chi connectivity index (χ2n) is 6.83. The highest BCUT2D eigenvalue weighted by molar-refractivity contribution is 7.99. The van der Waals surface area contributed by atoms with Gasteiger partial charge in [0.05, 0.1) is 0 Å². The number of hydrogen-bond acceptors (Lipinski definition) is 3. The standard InChI is InChI=1S/C22H25FN2O2S/c1-2-3-7-14-24-20(26)19-15-28-22(17-8-5-4-6-9-17)25(19)21(27)16-10-12-18(23)13-11-16/h4-6,8-13,19,22H,2-3,7,14-15H2,1H3,(H,24,26). The van der Waals surface area contributed by atoms with Gasteiger partial charge in [-0.1, -0.05) is 50.1 Å². The SMILES string of the molecule is CCCCCNC(=O)C1CSC(c2ccccc2)N1C(=O)c1ccc(F)cc1. The summed E-state index contributed by atoms with van der Waals surface area (Å²) >= 11 is 1.58. The van der Waals surface area contributed by atoms with Crippen LogP contribution in [-0.2, 0) is 4.79 Å². The maximum atomic E-state index is 13.3. The number of thioether (sulfide) groups is 1. The zero-order valence-corrected chi connectivity index (χ0v) is 16.8. The molecule has 28 heavy (non-hydrogen) atoms. The van der Waals surface area contributed by atoms with Crippen LogP contribution < -0.4 is 5.32 Å². The molecule has 2 unspecified atom stereocenters. The van der Waals surface area contributed by atoms with Crippen LogP contribution in [0.4, 0.5) is 4.39 Å². The molecule has 0 bridgehead atoms. The Morgan fingerprint density at radius 2 is 1.82 bits per heavy atom. The minimum atomic E-state index is -0.547. The highest BCUT2D eigenvalue weighted by Crippen LogP contribution is 2.42. The molecular formula is C22H25FN2O2S. The van der Waals surface area contributed by atoms with Gasteiger partial charge < -0.3 is 10.2 Å². The Kier molecular flexibility index (Phi) is 7.09. The van der Waals surface area contributed by atoms with Gasteiger partial charge in [0.1, 0.15) is 17.2 Å². The third-order valence-electron chi connectivity index (χ3n) is 4.79. The van der Waals surface area contributed by atoms with E-state index >= 15 is 0 Å². The van der Waals surface area contributed by atoms with Crippen molar-refractivity contribution in [2.24, 2.45) is 0 Å². The molecule has 1 fully saturated rings. The van der Waals surface area contributed by atoms with Crippen molar-refractivity contribution in [2.45, 2.75) is 37.6 Å². The lowest BCUT2D eigenvalue weighted by Crippen LogP contribution is -2.48. The monoisotopic (exact) mass is 400 g/mol. The Morgan fingerprint density at radius 1 is 1.11 bits per heavy atom. The molecule has 2 atom stereocenters. The summed E-state index contributed by atoms with van der Waals surface area (Å²) in [5.74, 6) is -0.242. The number of hydrogen-bond donors (Lipinski definition) is 1. The fourth-order valence-electron chi connectivity index (χ4n) is 3.28. The highest BCUT2D eigenvalue weighted by Gasteiger charge is 2.42. The first-order valence-electron chi connectivity index (χ1n) is 9.64. The first-order valence-corrected chi connectivity index (χ1v) is 10.7. The second-order valence-corrected chi connectivity index (χ2v) is 7.94. The van der Waals surface area contributed by atoms with Gasteiger partial charge in [0.2, 0.25) is 5.91 Å². The second kappa shape index (κ2) is 9.73. The highest BCUT2D eigenvalue weighted by atomic mass is 32.2. The summed E-state index contributed by atoms with van der Waals surface area (Å²) in [6.45, 7) is 2.73. The molecule has 148 valence electrons. The number of carbonyl (C=O) groups is 2. The minimum absolute atomic E-state index is 0.127. The van der Waals surface area contributed by atoms with E-state index in [0.29, 0.717) is 17.9 Å². The molecular weight excluding hydrogens is 375 g/mol. The first kappa shape index (κ1) is 20.4. The summed E-state index contributed by atoms with van der Waals surface area (Å²) in [5.41, 5.74) is 1.36. The number of unbranched alkanes of at least 4 members (excludes halogenated alkanes) is 2. The molecule has 1 aliphatic heterocycles. The maximum Gasteiger partial charge on any atom is 0.255 e. The van der Waals surface area contributed by atoms with Crippen molar-refractivity contribution < 1.29 is 14.0 Å². The average Bonchev–Trinajstić information content (AvgIpc) is 3.17. The van der Waals surface area contributed by atoms with E-state index in [4.69, 9.17) is 0 Å². The van der Waals surface area contributed by atoms with Gasteiger partial charge in [-0.3, -0.25) is 9.59 Å². The molecule has 1 heterocycles. The average molecular weight is 401 g/mol. The Morgan fingerprint density at radius 3 is 2.50 bits per heavy atom. The predicted molar refractivity (Wildman–Crippen MR) is 111 cm³/mol. The van der Waals surface area contributed by atoms with Gasteiger partial charge in [-0.25, -0.2) is 4.39 Å². The van der Waals surface area contributed by atoms with E-state index in [2.05, 4.69) is 12.2 Å². The first-order chi connectivity index (χ1) is 13.6. The molecule has 2 aromatic rings. The van der Waals surface area contributed by atoms with Gasteiger partial charge in [-0.2, -0.15) is 0 Å². The van der Waals surface area contributed by atoms with Gasteiger partial charge in [0.15, 0.2) is 0 Å². The molecule has 4 nitrogen and oxygen atoms in total. The smallest absolute Gasteiger partial charge is 0.255 e. The molecule has 2 amide bonds. The van der Waals surface area contributed by atoms with E-state index in [1.54, 1.807) is 16.7 Å². The molecule has 2 aromatic carbocycles. The summed E-state index contributed by atoms with van der Waals surface area (Å²) in [6, 6.07) is 14.6. The number of benzene rings is 2. The number of nitrogens with zero attached hydrogens (tertiary/aromatic N) is 1. The van der Waals surface area contributed by atoms with Gasteiger partial charge in [0, 0.05) is 17.9 Å². The van der Waals surface area contributed by atoms with Crippen molar-refractivity contribution in [1.29, 1.82) is 0 Å². The van der Waals surface area contributed by atoms with Gasteiger partial charge in [-0.05, 0) is 36.2 Å². The van der Waals surface area contributed by atoms with Crippen LogP contribution in [0.1, 0.15) is 47.5 Å². The van der Waals surface area contributed by atoms with E-state index in [0.717, 1.165) is 24.8 Å². The van der Waals surface area contributed by atoms with Crippen molar-refractivity contribution in [3.8, 4) is 0 Å². The van der Waals surface area contributed by atoms with Crippen LogP contribution >= 0.6 is 11.8 Å². The van der Waals surface area contributed by atoms with Crippen LogP contribution in [0.25, 0.3) is 0 Å². The normalized spacial score (nSPS) is 18.9. The maximum absolute atomic E-state index is 13.3. The van der Waals surface area contributed by atoms with Gasteiger partial charge in [0.25, 0.3) is 5.91 Å². The van der Waals surface area contributed by atoms with Gasteiger partial charge >= 0.3 is 0 Å². The molecule has 0 aliphatic carbocycles. The number of rotatable bonds is 7. The summed E-state index contributed by atoms with van der Waals surface area (Å²) < 4.78 is 13.3. The van der Waals surface area contributed by atoms with E-state index < -0.39 is 11.9 Å². The zero-order chi connectivity index (χ0) is 19.9. The topological polar surface area (TPSA) is 49.4 Å². The Hall–Kier alpha value is -2.34. The molecule has 6 heteroatoms. The van der Waals surface area contributed by atoms with E-state index in [1.165, 1.54) is 24.3 Å². The lowest BCUT2D eigenvalue weighted by Gasteiger charge is -2.29. The van der Waals surface area contributed by atoms with Crippen LogP contribution in [0.15, 0.2) is 54.6 Å². The molecule has 0 saturated carbocycles. The van der Waals surface area contributed by atoms with E-state index in [9.17, 15) is 14.0 Å². The lowest BCUT2D eigenvalue weighted by molar-refractivity contribution is -0.124. The minimum Gasteiger partial charge on any atom is -0.354 e. The van der Waals surface area contributed by atoms with Crippen molar-refractivity contribution in [3.05, 3.63) is 71.5 Å². The molecule has 0 aromatic heterocycles. The van der Waals surface area contributed by atoms with Crippen LogP contribution in [0.5, 0.6) is 0 Å². The van der Waals surface area contributed by atoms with Crippen molar-refractivity contribution in [3.63, 3.8) is 0 Å². The van der Waals surface area contributed by atoms with Crippen LogP contribution in [0, 0.1) is 5.82 Å². The molecule has 1 saturated heterocycles. The molecule has 0 spiro atoms. The van der Waals surface area contributed by atoms with Crippen LogP contribution in [0.3, 0.4) is 0 Å². The fourth-order valence-corrected chi connectivity index (χ4v) is 4.71. The van der Waals surface area contributed by atoms with Crippen molar-refractivity contribution in [1.82, 2.24) is 10.2 Å². The van der Waals surface area contributed by atoms with Crippen molar-refractivity contribution >= 4 is 23.6 Å². The van der Waals surface area contributed by atoms with E-state index in [1.807, 2.05) is 30.3 Å². The molecule has 1 N–H and O–H groups in total. The number of carbonyl (C=O) groups excluding carboxylic acids is 2. The number of halogens is 1. The quantitative estimate of drug-likeness (QED) is 0.702. The number of nitrogens with one attached hydrogen (secondary N) is 1. The fraction of sp³-hybridized carbons (Fsp3) is 0.364. The zero-order valence-electron chi connectivity index (χ0n) is 15.9. The predicted octanol–water partition coefficient (Wildman–Crippen LogP) is 4.39. The van der Waals surface area contributed by atoms with Crippen LogP contribution in [0.2, 0.25) is 0 Å². The summed E-state index contributed by atoms with van der Waals surface area (Å²) in [6.07, 6.45) is 3.07. The Bertz CT molecular complexity index is 798. The Balaban J connectivity index is 1.83. The third-order valence-corrected chi connectivity index (χ3v) is 6.12. The largest absolute Gasteiger partial charge is 0.354 e. The number of amides is 2. The molecule has 3 rings (SSSR count). The van der Waals surface area contributed by atoms with E-state index in [-0.39, 0.29) is 17.2 Å². The summed E-state index contributed by atoms with van der Waals surface area (Å²) in [4.78, 5) is 27.7. The summed E-state index contributed by atoms with van der Waals surface area (Å²) in [7, 11) is 0. The van der Waals surface area contributed by atoms with Crippen LogP contribution in [-0.4, -0.2) is 35.1 Å². The lowest BCUT2D eigenvalue weighted by atomic mass is 10.1. The summed E-state index contributed by atoms with van der Waals surface area (Å²) in [5, 5.41) is 2.73. The third kappa shape index (κ3) is 4.73. The van der Waals surface area contributed by atoms with Gasteiger partial charge in [-0.15, -0.1) is 11.8 Å². The Labute approximate surface area is 169 Å². The molecule has 1 aliphatic rings. The molecule has 0 radical (unpaired) electrons.